The van der Waals surface area contributed by atoms with Crippen molar-refractivity contribution in [3.05, 3.63) is 95.6 Å². The molecule has 0 saturated heterocycles. The number of nitrogens with two attached hydrogens (primary N) is 1. The Morgan fingerprint density at radius 2 is 1.67 bits per heavy atom. The maximum Gasteiger partial charge on any atom is 0.238 e. The van der Waals surface area contributed by atoms with Crippen LogP contribution in [0.15, 0.2) is 77.7 Å². The first-order chi connectivity index (χ1) is 15.7. The van der Waals surface area contributed by atoms with E-state index in [1.165, 1.54) is 48.5 Å². The molecular weight excluding hydrogens is 448 g/mol. The van der Waals surface area contributed by atoms with Gasteiger partial charge >= 0.3 is 0 Å². The van der Waals surface area contributed by atoms with Crippen LogP contribution in [0.1, 0.15) is 30.5 Å². The van der Waals surface area contributed by atoms with Gasteiger partial charge in [-0.1, -0.05) is 31.2 Å². The summed E-state index contributed by atoms with van der Waals surface area (Å²) in [4.78, 5) is 14.7. The molecular formula is C24H25F2N3O3S. The van der Waals surface area contributed by atoms with Crippen LogP contribution < -0.4 is 10.5 Å². The van der Waals surface area contributed by atoms with E-state index in [1.807, 2.05) is 11.8 Å². The summed E-state index contributed by atoms with van der Waals surface area (Å²) in [5.41, 5.74) is 1.94. The Morgan fingerprint density at radius 3 is 2.24 bits per heavy atom. The fourth-order valence-corrected chi connectivity index (χ4v) is 4.16. The number of rotatable bonds is 9. The van der Waals surface area contributed by atoms with Crippen LogP contribution in [0.3, 0.4) is 0 Å². The van der Waals surface area contributed by atoms with E-state index >= 15 is 0 Å². The van der Waals surface area contributed by atoms with Gasteiger partial charge in [0.15, 0.2) is 0 Å². The van der Waals surface area contributed by atoms with Crippen LogP contribution in [0.2, 0.25) is 0 Å². The molecule has 3 aromatic carbocycles. The molecule has 6 nitrogen and oxygen atoms in total. The van der Waals surface area contributed by atoms with E-state index in [0.717, 1.165) is 5.56 Å². The number of hydrogen-bond donors (Lipinski definition) is 2. The summed E-state index contributed by atoms with van der Waals surface area (Å²) in [5, 5.41) is 7.84. The number of carbonyl (C=O) groups is 1. The molecule has 0 aliphatic rings. The van der Waals surface area contributed by atoms with Crippen LogP contribution in [0.5, 0.6) is 0 Å². The molecule has 0 radical (unpaired) electrons. The molecule has 0 aromatic heterocycles. The minimum absolute atomic E-state index is 0.0245. The van der Waals surface area contributed by atoms with E-state index < -0.39 is 10.0 Å². The van der Waals surface area contributed by atoms with Gasteiger partial charge in [-0.3, -0.25) is 9.69 Å². The Morgan fingerprint density at radius 1 is 1.00 bits per heavy atom. The van der Waals surface area contributed by atoms with Crippen molar-refractivity contribution in [2.45, 2.75) is 30.8 Å². The number of primary sulfonamides is 1. The molecule has 0 fully saturated rings. The highest BCUT2D eigenvalue weighted by Gasteiger charge is 2.22. The average Bonchev–Trinajstić information content (AvgIpc) is 2.75. The molecule has 3 N–H and O–H groups in total. The van der Waals surface area contributed by atoms with Gasteiger partial charge < -0.3 is 5.32 Å². The highest BCUT2D eigenvalue weighted by atomic mass is 32.2. The first-order valence-corrected chi connectivity index (χ1v) is 11.9. The number of carbonyl (C=O) groups excluding carboxylic acids is 1. The summed E-state index contributed by atoms with van der Waals surface area (Å²) in [7, 11) is -3.83. The van der Waals surface area contributed by atoms with Gasteiger partial charge in [-0.25, -0.2) is 22.3 Å². The average molecular weight is 474 g/mol. The third kappa shape index (κ3) is 6.92. The molecule has 33 heavy (non-hydrogen) atoms. The number of hydrogen-bond acceptors (Lipinski definition) is 4. The number of anilines is 1. The zero-order valence-electron chi connectivity index (χ0n) is 18.0. The third-order valence-electron chi connectivity index (χ3n) is 5.17. The Hall–Kier alpha value is -3.14. The summed E-state index contributed by atoms with van der Waals surface area (Å²) in [6.45, 7) is 2.23. The van der Waals surface area contributed by atoms with Crippen molar-refractivity contribution in [3.8, 4) is 0 Å². The molecule has 174 valence electrons. The minimum Gasteiger partial charge on any atom is -0.325 e. The molecule has 9 heteroatoms. The number of benzene rings is 3. The molecule has 3 aromatic rings. The van der Waals surface area contributed by atoms with Crippen molar-refractivity contribution in [2.75, 3.05) is 11.9 Å². The van der Waals surface area contributed by atoms with Crippen molar-refractivity contribution in [1.29, 1.82) is 0 Å². The number of amides is 1. The SMILES string of the molecule is CC[C@@H](c1ccc(F)cc1)N(CC(=O)Nc1ccc(S(N)(=O)=O)cc1)Cc1cccc(F)c1. The summed E-state index contributed by atoms with van der Waals surface area (Å²) in [6, 6.07) is 17.5. The number of nitrogens with one attached hydrogen (secondary N) is 1. The van der Waals surface area contributed by atoms with Crippen LogP contribution >= 0.6 is 0 Å². The lowest BCUT2D eigenvalue weighted by Gasteiger charge is -2.31. The Kier molecular flexibility index (Phi) is 7.91. The van der Waals surface area contributed by atoms with Gasteiger partial charge in [-0.2, -0.15) is 0 Å². The second-order valence-corrected chi connectivity index (χ2v) is 9.19. The minimum atomic E-state index is -3.83. The normalized spacial score (nSPS) is 12.5. The van der Waals surface area contributed by atoms with Crippen molar-refractivity contribution < 1.29 is 22.0 Å². The van der Waals surface area contributed by atoms with Gasteiger partial charge in [-0.15, -0.1) is 0 Å². The van der Waals surface area contributed by atoms with Crippen molar-refractivity contribution in [1.82, 2.24) is 4.90 Å². The largest absolute Gasteiger partial charge is 0.325 e. The summed E-state index contributed by atoms with van der Waals surface area (Å²) < 4.78 is 50.0. The standard InChI is InChI=1S/C24H25F2N3O3S/c1-2-23(18-6-8-19(25)9-7-18)29(15-17-4-3-5-20(26)14-17)16-24(30)28-21-10-12-22(13-11-21)33(27,31)32/h3-14,23H,2,15-16H2,1H3,(H,28,30)(H2,27,31,32)/t23-/m0/s1. The van der Waals surface area contributed by atoms with Crippen LogP contribution in [-0.4, -0.2) is 25.8 Å². The van der Waals surface area contributed by atoms with Crippen molar-refractivity contribution in [2.24, 2.45) is 5.14 Å². The summed E-state index contributed by atoms with van der Waals surface area (Å²) in [5.74, 6) is -1.07. The second-order valence-electron chi connectivity index (χ2n) is 7.63. The van der Waals surface area contributed by atoms with Crippen LogP contribution in [-0.2, 0) is 21.4 Å². The molecule has 3 rings (SSSR count). The fourth-order valence-electron chi connectivity index (χ4n) is 3.65. The van der Waals surface area contributed by atoms with E-state index in [1.54, 1.807) is 24.3 Å². The topological polar surface area (TPSA) is 92.5 Å². The molecule has 1 amide bonds. The Labute approximate surface area is 192 Å². The molecule has 0 heterocycles. The van der Waals surface area contributed by atoms with E-state index in [9.17, 15) is 22.0 Å². The van der Waals surface area contributed by atoms with Gasteiger partial charge in [0.05, 0.1) is 11.4 Å². The van der Waals surface area contributed by atoms with Crippen molar-refractivity contribution >= 4 is 21.6 Å². The van der Waals surface area contributed by atoms with Crippen LogP contribution in [0, 0.1) is 11.6 Å². The van der Waals surface area contributed by atoms with Crippen LogP contribution in [0.4, 0.5) is 14.5 Å². The number of halogens is 2. The predicted molar refractivity (Wildman–Crippen MR) is 123 cm³/mol. The monoisotopic (exact) mass is 473 g/mol. The van der Waals surface area contributed by atoms with Gasteiger partial charge in [0.2, 0.25) is 15.9 Å². The first-order valence-electron chi connectivity index (χ1n) is 10.3. The lowest BCUT2D eigenvalue weighted by molar-refractivity contribution is -0.118. The Balaban J connectivity index is 1.81. The Bertz CT molecular complexity index is 1200. The van der Waals surface area contributed by atoms with Crippen molar-refractivity contribution in [3.63, 3.8) is 0 Å². The quantitative estimate of drug-likeness (QED) is 0.487. The molecule has 0 spiro atoms. The van der Waals surface area contributed by atoms with Crippen LogP contribution in [0.25, 0.3) is 0 Å². The molecule has 1 atom stereocenters. The lowest BCUT2D eigenvalue weighted by atomic mass is 10.0. The second kappa shape index (κ2) is 10.7. The van der Waals surface area contributed by atoms with Gasteiger partial charge in [0.1, 0.15) is 11.6 Å². The molecule has 0 saturated carbocycles. The maximum absolute atomic E-state index is 13.7. The third-order valence-corrected chi connectivity index (χ3v) is 6.10. The van der Waals surface area contributed by atoms with E-state index in [2.05, 4.69) is 5.32 Å². The van der Waals surface area contributed by atoms with Gasteiger partial charge in [0, 0.05) is 18.3 Å². The lowest BCUT2D eigenvalue weighted by Crippen LogP contribution is -2.36. The van der Waals surface area contributed by atoms with E-state index in [4.69, 9.17) is 5.14 Å². The summed E-state index contributed by atoms with van der Waals surface area (Å²) in [6.07, 6.45) is 0.636. The van der Waals surface area contributed by atoms with E-state index in [-0.39, 0.29) is 35.0 Å². The molecule has 0 aliphatic heterocycles. The zero-order chi connectivity index (χ0) is 24.0. The fraction of sp³-hybridized carbons (Fsp3) is 0.208. The predicted octanol–water partition coefficient (Wildman–Crippen LogP) is 4.20. The molecule has 0 unspecified atom stereocenters. The smallest absolute Gasteiger partial charge is 0.238 e. The maximum atomic E-state index is 13.7. The van der Waals surface area contributed by atoms with E-state index in [0.29, 0.717) is 24.2 Å². The molecule has 0 bridgehead atoms. The number of sulfonamides is 1. The zero-order valence-corrected chi connectivity index (χ0v) is 18.9. The highest BCUT2D eigenvalue weighted by Crippen LogP contribution is 2.26. The van der Waals surface area contributed by atoms with Gasteiger partial charge in [0.25, 0.3) is 0 Å². The molecule has 0 aliphatic carbocycles. The van der Waals surface area contributed by atoms with Gasteiger partial charge in [-0.05, 0) is 66.1 Å². The highest BCUT2D eigenvalue weighted by molar-refractivity contribution is 7.89. The number of nitrogens with zero attached hydrogens (tertiary/aromatic N) is 1. The first kappa shape index (κ1) is 24.5. The summed E-state index contributed by atoms with van der Waals surface area (Å²) >= 11 is 0.